The highest BCUT2D eigenvalue weighted by Crippen LogP contribution is 2.60. The number of hydrogen-bond acceptors (Lipinski definition) is 5. The van der Waals surface area contributed by atoms with Crippen molar-refractivity contribution in [3.05, 3.63) is 0 Å². The van der Waals surface area contributed by atoms with Crippen LogP contribution in [0.4, 0.5) is 0 Å². The maximum atomic E-state index is 10.4. The minimum Gasteiger partial charge on any atom is -0.368 e. The summed E-state index contributed by atoms with van der Waals surface area (Å²) in [5, 5.41) is 10.4. The Kier molecular flexibility index (Phi) is 2.03. The van der Waals surface area contributed by atoms with Gasteiger partial charge in [-0.05, 0) is 38.0 Å². The summed E-state index contributed by atoms with van der Waals surface area (Å²) in [5.41, 5.74) is -1.18. The molecule has 5 heteroatoms. The molecule has 1 spiro atoms. The minimum absolute atomic E-state index is 0.0508. The molecule has 0 amide bonds. The molecule has 114 valence electrons. The van der Waals surface area contributed by atoms with Crippen LogP contribution in [-0.4, -0.2) is 29.1 Å². The standard InChI is InChI=1S/C15H24O5/c1-8-4-5-11-9(2)12(16)17-13-15(11)10(8)6-7-14(3,18-13)19-20-15/h8-13,16H,4-7H2,1-3H3/t8?,9-,10?,11?,12?,13?,14+,15?/m1/s1/i2+1D3,9D. The molecule has 1 saturated carbocycles. The normalized spacial score (nSPS) is 69.0. The van der Waals surface area contributed by atoms with Crippen molar-refractivity contribution in [1.82, 2.24) is 0 Å². The highest BCUT2D eigenvalue weighted by Gasteiger charge is 2.69. The second kappa shape index (κ2) is 4.17. The molecule has 20 heavy (non-hydrogen) atoms. The van der Waals surface area contributed by atoms with E-state index in [0.29, 0.717) is 12.8 Å². The fourth-order valence-electron chi connectivity index (χ4n) is 4.48. The summed E-state index contributed by atoms with van der Waals surface area (Å²) < 4.78 is 43.8. The lowest BCUT2D eigenvalue weighted by Crippen LogP contribution is -2.70. The molecule has 0 radical (unpaired) electrons. The summed E-state index contributed by atoms with van der Waals surface area (Å²) in [5.74, 6) is -3.73. The zero-order valence-electron chi connectivity index (χ0n) is 15.8. The number of fused-ring (bicyclic) bond motifs is 2. The lowest BCUT2D eigenvalue weighted by molar-refractivity contribution is -0.576. The Bertz CT molecular complexity index is 544. The van der Waals surface area contributed by atoms with Gasteiger partial charge in [0.25, 0.3) is 0 Å². The third kappa shape index (κ3) is 1.56. The highest BCUT2D eigenvalue weighted by atomic mass is 17.3. The van der Waals surface area contributed by atoms with Gasteiger partial charge in [-0.3, -0.25) is 0 Å². The van der Waals surface area contributed by atoms with E-state index in [-0.39, 0.29) is 11.8 Å². The van der Waals surface area contributed by atoms with Gasteiger partial charge in [0.2, 0.25) is 5.79 Å². The Morgan fingerprint density at radius 1 is 1.25 bits per heavy atom. The van der Waals surface area contributed by atoms with E-state index in [0.717, 1.165) is 12.8 Å². The number of aliphatic hydroxyl groups is 1. The van der Waals surface area contributed by atoms with Crippen molar-refractivity contribution < 1.29 is 29.8 Å². The van der Waals surface area contributed by atoms with Crippen molar-refractivity contribution in [2.45, 2.75) is 70.4 Å². The molecule has 0 aromatic heterocycles. The molecule has 0 aromatic rings. The first-order valence-corrected chi connectivity index (χ1v) is 7.43. The van der Waals surface area contributed by atoms with Crippen LogP contribution in [0.25, 0.3) is 0 Å². The van der Waals surface area contributed by atoms with E-state index < -0.39 is 42.6 Å². The number of ether oxygens (including phenoxy) is 2. The third-order valence-corrected chi connectivity index (χ3v) is 5.61. The van der Waals surface area contributed by atoms with Gasteiger partial charge in [-0.15, -0.1) is 0 Å². The first kappa shape index (κ1) is 9.74. The van der Waals surface area contributed by atoms with Gasteiger partial charge < -0.3 is 14.6 Å². The molecule has 8 atom stereocenters. The summed E-state index contributed by atoms with van der Waals surface area (Å²) in [4.78, 5) is 11.4. The second-order valence-electron chi connectivity index (χ2n) is 6.80. The SMILES string of the molecule is [2H][C@]1([13C]([2H])([2H])[2H])C(O)OC2O[C@]3(C)CCC4C(C)CCC1C24OO3. The molecule has 2 bridgehead atoms. The van der Waals surface area contributed by atoms with Gasteiger partial charge in [-0.2, -0.15) is 0 Å². The van der Waals surface area contributed by atoms with Crippen molar-refractivity contribution >= 4 is 0 Å². The van der Waals surface area contributed by atoms with Crippen LogP contribution in [0.5, 0.6) is 0 Å². The van der Waals surface area contributed by atoms with E-state index in [4.69, 9.17) is 24.7 Å². The lowest BCUT2D eigenvalue weighted by atomic mass is 9.59. The Morgan fingerprint density at radius 2 is 2.10 bits per heavy atom. The Hall–Kier alpha value is -0.200. The van der Waals surface area contributed by atoms with E-state index in [1.807, 2.05) is 0 Å². The van der Waals surface area contributed by atoms with E-state index >= 15 is 0 Å². The van der Waals surface area contributed by atoms with Crippen LogP contribution in [0.2, 0.25) is 0 Å². The number of aliphatic hydroxyl groups excluding tert-OH is 1. The summed E-state index contributed by atoms with van der Waals surface area (Å²) in [7, 11) is 0. The van der Waals surface area contributed by atoms with Crippen LogP contribution in [0.15, 0.2) is 0 Å². The van der Waals surface area contributed by atoms with Crippen LogP contribution in [0, 0.1) is 23.6 Å². The monoisotopic (exact) mass is 289 g/mol. The van der Waals surface area contributed by atoms with E-state index in [9.17, 15) is 5.11 Å². The van der Waals surface area contributed by atoms with E-state index in [2.05, 4.69) is 6.92 Å². The fourth-order valence-corrected chi connectivity index (χ4v) is 4.48. The Balaban J connectivity index is 1.88. The Morgan fingerprint density at radius 3 is 2.90 bits per heavy atom. The summed E-state index contributed by atoms with van der Waals surface area (Å²) in [6, 6.07) is 0. The number of rotatable bonds is 0. The van der Waals surface area contributed by atoms with Gasteiger partial charge in [-0.25, -0.2) is 9.78 Å². The maximum Gasteiger partial charge on any atom is 0.201 e. The third-order valence-electron chi connectivity index (χ3n) is 5.61. The number of hydrogen-bond donors (Lipinski definition) is 1. The molecule has 6 unspecified atom stereocenters. The quantitative estimate of drug-likeness (QED) is 0.547. The zero-order valence-corrected chi connectivity index (χ0v) is 11.8. The summed E-state index contributed by atoms with van der Waals surface area (Å²) >= 11 is 0. The summed E-state index contributed by atoms with van der Waals surface area (Å²) in [6.45, 7) is 1.13. The molecule has 4 heterocycles. The molecule has 5 rings (SSSR count). The molecular weight excluding hydrogens is 261 g/mol. The van der Waals surface area contributed by atoms with Gasteiger partial charge in [-0.1, -0.05) is 13.8 Å². The smallest absolute Gasteiger partial charge is 0.201 e. The van der Waals surface area contributed by atoms with E-state index in [1.165, 1.54) is 0 Å². The van der Waals surface area contributed by atoms with Crippen molar-refractivity contribution in [3.8, 4) is 0 Å². The van der Waals surface area contributed by atoms with Crippen molar-refractivity contribution in [2.75, 3.05) is 0 Å². The van der Waals surface area contributed by atoms with Gasteiger partial charge in [0.15, 0.2) is 18.2 Å². The van der Waals surface area contributed by atoms with Crippen molar-refractivity contribution in [3.63, 3.8) is 0 Å². The second-order valence-corrected chi connectivity index (χ2v) is 6.80. The van der Waals surface area contributed by atoms with Crippen molar-refractivity contribution in [1.29, 1.82) is 0 Å². The van der Waals surface area contributed by atoms with Crippen LogP contribution in [0.3, 0.4) is 0 Å². The molecule has 5 fully saturated rings. The molecule has 1 N–H and O–H groups in total. The average Bonchev–Trinajstić information content (AvgIpc) is 2.70. The predicted octanol–water partition coefficient (Wildman–Crippen LogP) is 2.19. The molecular formula is C15H24O5. The molecule has 5 aliphatic rings. The molecule has 4 saturated heterocycles. The largest absolute Gasteiger partial charge is 0.368 e. The van der Waals surface area contributed by atoms with E-state index in [1.54, 1.807) is 6.92 Å². The zero-order chi connectivity index (χ0) is 17.5. The van der Waals surface area contributed by atoms with Crippen LogP contribution < -0.4 is 0 Å². The average molecular weight is 289 g/mol. The van der Waals surface area contributed by atoms with Gasteiger partial charge in [0, 0.05) is 23.7 Å². The Labute approximate surface area is 125 Å². The molecule has 4 aliphatic heterocycles. The maximum absolute atomic E-state index is 10.4. The summed E-state index contributed by atoms with van der Waals surface area (Å²) in [6.07, 6.45) is -0.168. The molecule has 5 nitrogen and oxygen atoms in total. The van der Waals surface area contributed by atoms with Crippen LogP contribution >= 0.6 is 0 Å². The molecule has 1 aliphatic carbocycles. The van der Waals surface area contributed by atoms with Gasteiger partial charge in [0.1, 0.15) is 0 Å². The van der Waals surface area contributed by atoms with Crippen molar-refractivity contribution in [2.24, 2.45) is 23.6 Å². The topological polar surface area (TPSA) is 57.2 Å². The minimum atomic E-state index is -2.72. The van der Waals surface area contributed by atoms with Gasteiger partial charge in [0.05, 0.1) is 0 Å². The predicted molar refractivity (Wildman–Crippen MR) is 69.0 cm³/mol. The fraction of sp³-hybridized carbons (Fsp3) is 1.00. The van der Waals surface area contributed by atoms with Crippen LogP contribution in [-0.2, 0) is 19.2 Å². The lowest BCUT2D eigenvalue weighted by Gasteiger charge is -2.59. The van der Waals surface area contributed by atoms with Crippen LogP contribution in [0.1, 0.15) is 51.9 Å². The van der Waals surface area contributed by atoms with Gasteiger partial charge >= 0.3 is 0 Å². The first-order chi connectivity index (χ1) is 11.0. The molecule has 0 aromatic carbocycles. The first-order valence-electron chi connectivity index (χ1n) is 9.43. The highest BCUT2D eigenvalue weighted by molar-refractivity contribution is 5.08.